The summed E-state index contributed by atoms with van der Waals surface area (Å²) in [5, 5.41) is 2.83. The molecule has 4 nitrogen and oxygen atoms in total. The minimum absolute atomic E-state index is 0.0197. The average Bonchev–Trinajstić information content (AvgIpc) is 2.30. The number of anilines is 1. The highest BCUT2D eigenvalue weighted by molar-refractivity contribution is 5.92. The number of nitrogens with one attached hydrogen (secondary N) is 1. The van der Waals surface area contributed by atoms with Crippen molar-refractivity contribution in [2.45, 2.75) is 19.3 Å². The van der Waals surface area contributed by atoms with Crippen LogP contribution >= 0.6 is 0 Å². The van der Waals surface area contributed by atoms with E-state index in [9.17, 15) is 9.59 Å². The molecule has 0 aliphatic heterocycles. The van der Waals surface area contributed by atoms with E-state index in [2.05, 4.69) is 5.32 Å². The molecule has 0 aliphatic carbocycles. The second-order valence-corrected chi connectivity index (χ2v) is 4.54. The number of carbonyl (C=O) groups is 2. The first-order valence-electron chi connectivity index (χ1n) is 6.09. The molecule has 0 unspecified atom stereocenters. The zero-order valence-corrected chi connectivity index (χ0v) is 11.0. The van der Waals surface area contributed by atoms with Gasteiger partial charge in [0.1, 0.15) is 6.29 Å². The number of carbonyl (C=O) groups excluding carboxylic acids is 2. The van der Waals surface area contributed by atoms with Gasteiger partial charge >= 0.3 is 0 Å². The van der Waals surface area contributed by atoms with E-state index in [0.717, 1.165) is 24.8 Å². The fraction of sp³-hybridized carbons (Fsp3) is 0.429. The number of amides is 1. The van der Waals surface area contributed by atoms with Gasteiger partial charge in [0.25, 0.3) is 0 Å². The molecule has 0 spiro atoms. The number of likely N-dealkylation sites (N-methyl/N-ethyl adjacent to an activating group) is 1. The van der Waals surface area contributed by atoms with E-state index in [0.29, 0.717) is 13.0 Å². The molecule has 4 heteroatoms. The van der Waals surface area contributed by atoms with E-state index >= 15 is 0 Å². The summed E-state index contributed by atoms with van der Waals surface area (Å²) in [6, 6.07) is 7.75. The Balaban J connectivity index is 2.44. The molecule has 0 aromatic heterocycles. The molecule has 0 fully saturated rings. The quantitative estimate of drug-likeness (QED) is 0.590. The zero-order chi connectivity index (χ0) is 13.4. The first-order valence-corrected chi connectivity index (χ1v) is 6.09. The predicted octanol–water partition coefficient (Wildman–Crippen LogP) is 1.71. The summed E-state index contributed by atoms with van der Waals surface area (Å²) >= 11 is 0. The maximum Gasteiger partial charge on any atom is 0.238 e. The zero-order valence-electron chi connectivity index (χ0n) is 11.0. The second kappa shape index (κ2) is 7.61. The molecule has 1 aromatic rings. The summed E-state index contributed by atoms with van der Waals surface area (Å²) < 4.78 is 0. The molecule has 1 amide bonds. The normalized spacial score (nSPS) is 10.4. The van der Waals surface area contributed by atoms with E-state index in [1.54, 1.807) is 0 Å². The number of nitrogens with zero attached hydrogens (tertiary/aromatic N) is 1. The number of hydrogen-bond donors (Lipinski definition) is 1. The monoisotopic (exact) mass is 248 g/mol. The van der Waals surface area contributed by atoms with Gasteiger partial charge in [0.2, 0.25) is 5.91 Å². The van der Waals surface area contributed by atoms with Crippen molar-refractivity contribution in [3.8, 4) is 0 Å². The number of aryl methyl sites for hydroxylation is 1. The SMILES string of the molecule is CN(C)CC(=O)Nc1ccc(CCCC=O)cc1. The first kappa shape index (κ1) is 14.4. The van der Waals surface area contributed by atoms with Crippen molar-refractivity contribution in [2.75, 3.05) is 26.0 Å². The molecule has 1 rings (SSSR count). The van der Waals surface area contributed by atoms with Gasteiger partial charge in [-0.3, -0.25) is 4.79 Å². The molecule has 1 N–H and O–H groups in total. The lowest BCUT2D eigenvalue weighted by atomic mass is 10.1. The van der Waals surface area contributed by atoms with Crippen LogP contribution in [0.2, 0.25) is 0 Å². The summed E-state index contributed by atoms with van der Waals surface area (Å²) in [6.07, 6.45) is 3.30. The van der Waals surface area contributed by atoms with E-state index in [1.807, 2.05) is 43.3 Å². The molecule has 0 aliphatic rings. The molecule has 0 radical (unpaired) electrons. The summed E-state index contributed by atoms with van der Waals surface area (Å²) in [5.74, 6) is -0.0197. The Morgan fingerprint density at radius 3 is 2.50 bits per heavy atom. The van der Waals surface area contributed by atoms with Crippen molar-refractivity contribution in [1.82, 2.24) is 4.90 Å². The summed E-state index contributed by atoms with van der Waals surface area (Å²) in [5.41, 5.74) is 1.99. The number of benzene rings is 1. The average molecular weight is 248 g/mol. The molecule has 1 aromatic carbocycles. The topological polar surface area (TPSA) is 49.4 Å². The Kier molecular flexibility index (Phi) is 6.08. The largest absolute Gasteiger partial charge is 0.325 e. The van der Waals surface area contributed by atoms with Crippen LogP contribution in [-0.4, -0.2) is 37.7 Å². The number of rotatable bonds is 7. The minimum atomic E-state index is -0.0197. The van der Waals surface area contributed by atoms with Gasteiger partial charge in [-0.25, -0.2) is 0 Å². The Labute approximate surface area is 108 Å². The third kappa shape index (κ3) is 5.59. The maximum absolute atomic E-state index is 11.5. The van der Waals surface area contributed by atoms with Crippen molar-refractivity contribution in [3.63, 3.8) is 0 Å². The van der Waals surface area contributed by atoms with Gasteiger partial charge in [-0.05, 0) is 44.6 Å². The molecular weight excluding hydrogens is 228 g/mol. The molecule has 98 valence electrons. The van der Waals surface area contributed by atoms with Crippen LogP contribution < -0.4 is 5.32 Å². The highest BCUT2D eigenvalue weighted by Gasteiger charge is 2.03. The van der Waals surface area contributed by atoms with Crippen LogP contribution in [0.3, 0.4) is 0 Å². The summed E-state index contributed by atoms with van der Waals surface area (Å²) in [6.45, 7) is 0.376. The predicted molar refractivity (Wildman–Crippen MR) is 72.6 cm³/mol. The van der Waals surface area contributed by atoms with Crippen molar-refractivity contribution >= 4 is 17.9 Å². The standard InChI is InChI=1S/C14H20N2O2/c1-16(2)11-14(18)15-13-8-6-12(7-9-13)5-3-4-10-17/h6-10H,3-5,11H2,1-2H3,(H,15,18). The molecule has 0 saturated heterocycles. The fourth-order valence-electron chi connectivity index (χ4n) is 1.63. The summed E-state index contributed by atoms with van der Waals surface area (Å²) in [4.78, 5) is 23.6. The van der Waals surface area contributed by atoms with Gasteiger partial charge in [-0.2, -0.15) is 0 Å². The third-order valence-corrected chi connectivity index (χ3v) is 2.48. The van der Waals surface area contributed by atoms with Crippen LogP contribution in [0.15, 0.2) is 24.3 Å². The Morgan fingerprint density at radius 1 is 1.28 bits per heavy atom. The van der Waals surface area contributed by atoms with Crippen molar-refractivity contribution in [2.24, 2.45) is 0 Å². The van der Waals surface area contributed by atoms with Gasteiger partial charge in [-0.15, -0.1) is 0 Å². The highest BCUT2D eigenvalue weighted by atomic mass is 16.2. The molecular formula is C14H20N2O2. The van der Waals surface area contributed by atoms with Crippen molar-refractivity contribution in [1.29, 1.82) is 0 Å². The van der Waals surface area contributed by atoms with Crippen LogP contribution in [0.25, 0.3) is 0 Å². The lowest BCUT2D eigenvalue weighted by molar-refractivity contribution is -0.116. The van der Waals surface area contributed by atoms with Gasteiger partial charge < -0.3 is 15.0 Å². The van der Waals surface area contributed by atoms with Crippen LogP contribution in [0.4, 0.5) is 5.69 Å². The Bertz CT molecular complexity index is 385. The Morgan fingerprint density at radius 2 is 1.94 bits per heavy atom. The van der Waals surface area contributed by atoms with Crippen molar-refractivity contribution < 1.29 is 9.59 Å². The molecule has 0 bridgehead atoms. The van der Waals surface area contributed by atoms with Crippen LogP contribution in [-0.2, 0) is 16.0 Å². The van der Waals surface area contributed by atoms with E-state index in [1.165, 1.54) is 5.56 Å². The van der Waals surface area contributed by atoms with Crippen LogP contribution in [0.1, 0.15) is 18.4 Å². The van der Waals surface area contributed by atoms with Gasteiger partial charge in [-0.1, -0.05) is 12.1 Å². The fourth-order valence-corrected chi connectivity index (χ4v) is 1.63. The van der Waals surface area contributed by atoms with E-state index in [4.69, 9.17) is 0 Å². The minimum Gasteiger partial charge on any atom is -0.325 e. The second-order valence-electron chi connectivity index (χ2n) is 4.54. The van der Waals surface area contributed by atoms with Gasteiger partial charge in [0.15, 0.2) is 0 Å². The van der Waals surface area contributed by atoms with Crippen molar-refractivity contribution in [3.05, 3.63) is 29.8 Å². The number of hydrogen-bond acceptors (Lipinski definition) is 3. The maximum atomic E-state index is 11.5. The Hall–Kier alpha value is -1.68. The van der Waals surface area contributed by atoms with E-state index < -0.39 is 0 Å². The lowest BCUT2D eigenvalue weighted by Gasteiger charge is -2.10. The van der Waals surface area contributed by atoms with Crippen LogP contribution in [0, 0.1) is 0 Å². The van der Waals surface area contributed by atoms with Crippen LogP contribution in [0.5, 0.6) is 0 Å². The lowest BCUT2D eigenvalue weighted by Crippen LogP contribution is -2.27. The van der Waals surface area contributed by atoms with Gasteiger partial charge in [0, 0.05) is 12.1 Å². The van der Waals surface area contributed by atoms with Gasteiger partial charge in [0.05, 0.1) is 6.54 Å². The third-order valence-electron chi connectivity index (χ3n) is 2.48. The molecule has 0 atom stereocenters. The molecule has 0 saturated carbocycles. The van der Waals surface area contributed by atoms with E-state index in [-0.39, 0.29) is 5.91 Å². The summed E-state index contributed by atoms with van der Waals surface area (Å²) in [7, 11) is 3.71. The highest BCUT2D eigenvalue weighted by Crippen LogP contribution is 2.11. The molecule has 18 heavy (non-hydrogen) atoms. The first-order chi connectivity index (χ1) is 8.61. The smallest absolute Gasteiger partial charge is 0.238 e. The number of unbranched alkanes of at least 4 members (excludes halogenated alkanes) is 1. The molecule has 0 heterocycles. The number of aldehydes is 1.